The number of rotatable bonds is 3. The van der Waals surface area contributed by atoms with Crippen LogP contribution in [0.3, 0.4) is 0 Å². The fraction of sp³-hybridized carbons (Fsp3) is 0.261. The SMILES string of the molecule is Cc1ccc(C#Cc2cc(C)c(O)c(-c3nc(N(C)C)nc(N(C)C)n3)c2)cc1. The van der Waals surface area contributed by atoms with E-state index in [-0.39, 0.29) is 5.75 Å². The summed E-state index contributed by atoms with van der Waals surface area (Å²) in [6, 6.07) is 11.7. The molecule has 1 heterocycles. The Kier molecular flexibility index (Phi) is 5.69. The van der Waals surface area contributed by atoms with Gasteiger partial charge in [-0.1, -0.05) is 29.5 Å². The molecular weight excluding hydrogens is 362 g/mol. The number of hydrogen-bond donors (Lipinski definition) is 1. The van der Waals surface area contributed by atoms with Crippen LogP contribution in [-0.2, 0) is 0 Å². The smallest absolute Gasteiger partial charge is 0.230 e. The van der Waals surface area contributed by atoms with Crippen molar-refractivity contribution in [3.63, 3.8) is 0 Å². The van der Waals surface area contributed by atoms with Crippen LogP contribution in [0.5, 0.6) is 5.75 Å². The molecular formula is C23H25N5O. The van der Waals surface area contributed by atoms with Crippen molar-refractivity contribution >= 4 is 11.9 Å². The monoisotopic (exact) mass is 387 g/mol. The van der Waals surface area contributed by atoms with E-state index in [4.69, 9.17) is 0 Å². The number of phenolic OH excluding ortho intramolecular Hbond substituents is 1. The van der Waals surface area contributed by atoms with Crippen LogP contribution in [-0.4, -0.2) is 48.2 Å². The molecule has 3 aromatic rings. The number of benzene rings is 2. The molecule has 0 radical (unpaired) electrons. The molecule has 0 atom stereocenters. The highest BCUT2D eigenvalue weighted by atomic mass is 16.3. The molecule has 6 nitrogen and oxygen atoms in total. The summed E-state index contributed by atoms with van der Waals surface area (Å²) in [5.41, 5.74) is 4.17. The summed E-state index contributed by atoms with van der Waals surface area (Å²) < 4.78 is 0. The fourth-order valence-corrected chi connectivity index (χ4v) is 2.68. The second kappa shape index (κ2) is 8.19. The molecule has 0 spiro atoms. The second-order valence-electron chi connectivity index (χ2n) is 7.35. The predicted octanol–water partition coefficient (Wildman–Crippen LogP) is 3.39. The van der Waals surface area contributed by atoms with Gasteiger partial charge in [0.25, 0.3) is 0 Å². The standard InChI is InChI=1S/C23H25N5O/c1-15-7-9-17(10-8-15)11-12-18-13-16(2)20(29)19(14-18)21-24-22(27(3)4)26-23(25-21)28(5)6/h7-10,13-14,29H,1-6H3. The number of aromatic hydroxyl groups is 1. The fourth-order valence-electron chi connectivity index (χ4n) is 2.68. The van der Waals surface area contributed by atoms with Crippen molar-refractivity contribution in [3.05, 3.63) is 58.7 Å². The lowest BCUT2D eigenvalue weighted by Crippen LogP contribution is -2.19. The van der Waals surface area contributed by atoms with Crippen LogP contribution in [0.4, 0.5) is 11.9 Å². The lowest BCUT2D eigenvalue weighted by molar-refractivity contribution is 0.472. The van der Waals surface area contributed by atoms with Crippen LogP contribution in [0.15, 0.2) is 36.4 Å². The highest BCUT2D eigenvalue weighted by Gasteiger charge is 2.16. The molecule has 2 aromatic carbocycles. The summed E-state index contributed by atoms with van der Waals surface area (Å²) in [5, 5.41) is 10.7. The van der Waals surface area contributed by atoms with Gasteiger partial charge in [0, 0.05) is 39.3 Å². The van der Waals surface area contributed by atoms with Gasteiger partial charge in [-0.3, -0.25) is 0 Å². The quantitative estimate of drug-likeness (QED) is 0.695. The van der Waals surface area contributed by atoms with E-state index in [1.807, 2.05) is 88.2 Å². The molecule has 0 aliphatic heterocycles. The Morgan fingerprint density at radius 3 is 1.86 bits per heavy atom. The number of aromatic nitrogens is 3. The maximum atomic E-state index is 10.7. The van der Waals surface area contributed by atoms with E-state index in [1.165, 1.54) is 5.56 Å². The van der Waals surface area contributed by atoms with E-state index in [9.17, 15) is 5.11 Å². The molecule has 1 N–H and O–H groups in total. The third kappa shape index (κ3) is 4.64. The number of anilines is 2. The van der Waals surface area contributed by atoms with E-state index in [0.29, 0.717) is 28.8 Å². The van der Waals surface area contributed by atoms with Crippen LogP contribution >= 0.6 is 0 Å². The molecule has 6 heteroatoms. The first-order valence-corrected chi connectivity index (χ1v) is 9.28. The van der Waals surface area contributed by atoms with Crippen LogP contribution < -0.4 is 9.80 Å². The van der Waals surface area contributed by atoms with E-state index >= 15 is 0 Å². The second-order valence-corrected chi connectivity index (χ2v) is 7.35. The third-order valence-corrected chi connectivity index (χ3v) is 4.36. The molecule has 3 rings (SSSR count). The van der Waals surface area contributed by atoms with Crippen molar-refractivity contribution in [2.75, 3.05) is 38.0 Å². The van der Waals surface area contributed by atoms with Crippen molar-refractivity contribution < 1.29 is 5.11 Å². The summed E-state index contributed by atoms with van der Waals surface area (Å²) in [6.45, 7) is 3.89. The summed E-state index contributed by atoms with van der Waals surface area (Å²) in [5.74, 6) is 7.95. The van der Waals surface area contributed by atoms with Gasteiger partial charge >= 0.3 is 0 Å². The van der Waals surface area contributed by atoms with Crippen molar-refractivity contribution in [3.8, 4) is 29.0 Å². The minimum atomic E-state index is 0.145. The molecule has 29 heavy (non-hydrogen) atoms. The minimum Gasteiger partial charge on any atom is -0.507 e. The van der Waals surface area contributed by atoms with E-state index in [0.717, 1.165) is 11.1 Å². The molecule has 0 saturated carbocycles. The van der Waals surface area contributed by atoms with Gasteiger partial charge in [-0.25, -0.2) is 0 Å². The first-order valence-electron chi connectivity index (χ1n) is 9.28. The zero-order valence-electron chi connectivity index (χ0n) is 17.6. The highest BCUT2D eigenvalue weighted by Crippen LogP contribution is 2.32. The average Bonchev–Trinajstić information content (AvgIpc) is 2.69. The minimum absolute atomic E-state index is 0.145. The highest BCUT2D eigenvalue weighted by molar-refractivity contribution is 5.70. The molecule has 1 aromatic heterocycles. The molecule has 0 bridgehead atoms. The van der Waals surface area contributed by atoms with Gasteiger partial charge in [0.1, 0.15) is 5.75 Å². The summed E-state index contributed by atoms with van der Waals surface area (Å²) in [6.07, 6.45) is 0. The Bertz CT molecular complexity index is 1070. The molecule has 0 aliphatic carbocycles. The van der Waals surface area contributed by atoms with Gasteiger partial charge in [0.2, 0.25) is 11.9 Å². The first kappa shape index (κ1) is 20.2. The lowest BCUT2D eigenvalue weighted by Gasteiger charge is -2.17. The van der Waals surface area contributed by atoms with E-state index in [1.54, 1.807) is 0 Å². The predicted molar refractivity (Wildman–Crippen MR) is 117 cm³/mol. The van der Waals surface area contributed by atoms with Crippen LogP contribution in [0, 0.1) is 25.7 Å². The van der Waals surface area contributed by atoms with Gasteiger partial charge in [0.15, 0.2) is 5.82 Å². The zero-order chi connectivity index (χ0) is 21.1. The summed E-state index contributed by atoms with van der Waals surface area (Å²) in [7, 11) is 7.47. The molecule has 0 unspecified atom stereocenters. The van der Waals surface area contributed by atoms with Crippen molar-refractivity contribution in [2.24, 2.45) is 0 Å². The lowest BCUT2D eigenvalue weighted by atomic mass is 10.0. The van der Waals surface area contributed by atoms with Crippen molar-refractivity contribution in [1.82, 2.24) is 15.0 Å². The Hall–Kier alpha value is -3.59. The van der Waals surface area contributed by atoms with Crippen molar-refractivity contribution in [2.45, 2.75) is 13.8 Å². The number of hydrogen-bond acceptors (Lipinski definition) is 6. The number of aryl methyl sites for hydroxylation is 2. The van der Waals surface area contributed by atoms with Crippen LogP contribution in [0.1, 0.15) is 22.3 Å². The summed E-state index contributed by atoms with van der Waals surface area (Å²) in [4.78, 5) is 17.1. The maximum absolute atomic E-state index is 10.7. The first-order chi connectivity index (χ1) is 13.7. The molecule has 0 aliphatic rings. The Balaban J connectivity index is 2.10. The van der Waals surface area contributed by atoms with Crippen LogP contribution in [0.25, 0.3) is 11.4 Å². The maximum Gasteiger partial charge on any atom is 0.230 e. The third-order valence-electron chi connectivity index (χ3n) is 4.36. The van der Waals surface area contributed by atoms with Gasteiger partial charge in [-0.15, -0.1) is 0 Å². The van der Waals surface area contributed by atoms with Gasteiger partial charge in [0.05, 0.1) is 5.56 Å². The van der Waals surface area contributed by atoms with E-state index in [2.05, 4.69) is 26.8 Å². The Morgan fingerprint density at radius 1 is 0.759 bits per heavy atom. The van der Waals surface area contributed by atoms with Gasteiger partial charge in [-0.2, -0.15) is 15.0 Å². The zero-order valence-corrected chi connectivity index (χ0v) is 17.6. The average molecular weight is 387 g/mol. The van der Waals surface area contributed by atoms with Crippen LogP contribution in [0.2, 0.25) is 0 Å². The Labute approximate surface area is 171 Å². The number of phenols is 1. The molecule has 148 valence electrons. The largest absolute Gasteiger partial charge is 0.507 e. The van der Waals surface area contributed by atoms with Crippen molar-refractivity contribution in [1.29, 1.82) is 0 Å². The van der Waals surface area contributed by atoms with E-state index < -0.39 is 0 Å². The molecule has 0 fully saturated rings. The Morgan fingerprint density at radius 2 is 1.31 bits per heavy atom. The van der Waals surface area contributed by atoms with Gasteiger partial charge in [-0.05, 0) is 43.7 Å². The normalized spacial score (nSPS) is 10.3. The number of nitrogens with zero attached hydrogens (tertiary/aromatic N) is 5. The summed E-state index contributed by atoms with van der Waals surface area (Å²) >= 11 is 0. The molecule has 0 saturated heterocycles. The topological polar surface area (TPSA) is 65.4 Å². The van der Waals surface area contributed by atoms with Gasteiger partial charge < -0.3 is 14.9 Å². The molecule has 0 amide bonds.